The van der Waals surface area contributed by atoms with Crippen LogP contribution in [-0.2, 0) is 37.3 Å². The van der Waals surface area contributed by atoms with Crippen molar-refractivity contribution in [3.63, 3.8) is 0 Å². The number of esters is 3. The molecule has 1 aliphatic heterocycles. The number of hydrogen-bond donors (Lipinski definition) is 1. The Labute approximate surface area is 529 Å². The van der Waals surface area contributed by atoms with E-state index in [9.17, 15) is 19.2 Å². The summed E-state index contributed by atoms with van der Waals surface area (Å²) in [6.07, 6.45) is 27.0. The van der Waals surface area contributed by atoms with Gasteiger partial charge in [-0.15, -0.1) is 0 Å². The molecule has 1 amide bonds. The van der Waals surface area contributed by atoms with Gasteiger partial charge < -0.3 is 37.9 Å². The average Bonchev–Trinajstić information content (AvgIpc) is 1.24. The summed E-state index contributed by atoms with van der Waals surface area (Å²) in [5.74, 6) is -2.01. The third-order valence-electron chi connectivity index (χ3n) is 18.0. The van der Waals surface area contributed by atoms with Crippen molar-refractivity contribution < 1.29 is 51.7 Å². The number of nitrogens with one attached hydrogen (secondary N) is 1. The molecule has 1 saturated heterocycles. The number of hydrogen-bond acceptors (Lipinski definition) is 11. The van der Waals surface area contributed by atoms with Crippen LogP contribution in [0.3, 0.4) is 0 Å². The molecule has 7 atom stereocenters. The predicted octanol–water partition coefficient (Wildman–Crippen LogP) is 19.0. The lowest BCUT2D eigenvalue weighted by Crippen LogP contribution is -2.66. The van der Waals surface area contributed by atoms with Crippen LogP contribution >= 0.6 is 0 Å². The van der Waals surface area contributed by atoms with Crippen molar-refractivity contribution in [3.05, 3.63) is 120 Å². The van der Waals surface area contributed by atoms with Crippen molar-refractivity contribution >= 4 is 40.4 Å². The number of unbranched alkanes of at least 4 members (excludes halogenated alkanes) is 23. The van der Waals surface area contributed by atoms with Gasteiger partial charge in [0, 0.05) is 6.42 Å². The first kappa shape index (κ1) is 75.0. The topological polar surface area (TPSA) is 145 Å². The summed E-state index contributed by atoms with van der Waals surface area (Å²) in [4.78, 5) is 57.5. The predicted molar refractivity (Wildman–Crippen MR) is 359 cm³/mol. The van der Waals surface area contributed by atoms with Crippen molar-refractivity contribution in [2.45, 2.75) is 301 Å². The molecule has 87 heavy (non-hydrogen) atoms. The fourth-order valence-electron chi connectivity index (χ4n) is 10.3. The molecule has 0 bridgehead atoms. The third kappa shape index (κ3) is 28.1. The van der Waals surface area contributed by atoms with E-state index in [4.69, 9.17) is 32.5 Å². The second-order valence-electron chi connectivity index (χ2n) is 27.4. The molecule has 14 heteroatoms. The fraction of sp³-hybridized carbons (Fsp3) is 0.671. The highest BCUT2D eigenvalue weighted by Crippen LogP contribution is 2.42. The molecule has 1 N–H and O–H groups in total. The van der Waals surface area contributed by atoms with Crippen LogP contribution < -0.4 is 5.32 Å². The summed E-state index contributed by atoms with van der Waals surface area (Å²) >= 11 is 0. The molecule has 0 aromatic heterocycles. The van der Waals surface area contributed by atoms with Gasteiger partial charge in [0.25, 0.3) is 0 Å². The molecule has 1 fully saturated rings. The number of benzene rings is 3. The SMILES string of the molecule is CCCCCCCCCCCCC/C=C/[C@@H](OC(=O)c1ccccc1)[C@H](CO[C@H]1O[C@H](CO[Si](C)(C)C(C)(C)C)[C@@H](OC(=O)c2ccccc2)[C@H](OC(=O)c2ccccc2)[C@@H]1O[Si](C)(C)C(C)(C)C)NC(=O)CCCCCCCCCCCCCCC. The van der Waals surface area contributed by atoms with Gasteiger partial charge in [0.05, 0.1) is 35.9 Å². The number of carbonyl (C=O) groups excluding carboxylic acids is 4. The molecule has 1 heterocycles. The fourth-order valence-corrected chi connectivity index (χ4v) is 12.6. The molecule has 3 aromatic rings. The number of allylic oxidation sites excluding steroid dienone is 1. The van der Waals surface area contributed by atoms with E-state index < -0.39 is 77.4 Å². The first-order valence-corrected chi connectivity index (χ1v) is 39.7. The zero-order chi connectivity index (χ0) is 63.6. The van der Waals surface area contributed by atoms with E-state index in [2.05, 4.69) is 93.0 Å². The summed E-state index contributed by atoms with van der Waals surface area (Å²) in [6, 6.07) is 25.4. The lowest BCUT2D eigenvalue weighted by Gasteiger charge is -2.49. The van der Waals surface area contributed by atoms with Crippen LogP contribution in [-0.4, -0.2) is 96.5 Å². The van der Waals surface area contributed by atoms with Crippen LogP contribution in [0, 0.1) is 0 Å². The van der Waals surface area contributed by atoms with E-state index >= 15 is 0 Å². The molecule has 0 aliphatic carbocycles. The van der Waals surface area contributed by atoms with Gasteiger partial charge in [0.2, 0.25) is 5.91 Å². The van der Waals surface area contributed by atoms with Gasteiger partial charge in [0.15, 0.2) is 35.1 Å². The van der Waals surface area contributed by atoms with E-state index in [-0.39, 0.29) is 35.6 Å². The Morgan fingerprint density at radius 3 is 1.36 bits per heavy atom. The molecule has 0 saturated carbocycles. The molecule has 1 aliphatic rings. The largest absolute Gasteiger partial charge is 0.452 e. The van der Waals surface area contributed by atoms with E-state index in [1.165, 1.54) is 109 Å². The Hall–Kier alpha value is -4.45. The van der Waals surface area contributed by atoms with Crippen LogP contribution in [0.5, 0.6) is 0 Å². The smallest absolute Gasteiger partial charge is 0.338 e. The summed E-state index contributed by atoms with van der Waals surface area (Å²) in [7, 11) is -5.36. The molecule has 0 unspecified atom stereocenters. The molecule has 488 valence electrons. The van der Waals surface area contributed by atoms with Crippen molar-refractivity contribution in [3.8, 4) is 0 Å². The average molecular weight is 1240 g/mol. The second kappa shape index (κ2) is 40.3. The van der Waals surface area contributed by atoms with Gasteiger partial charge in [-0.25, -0.2) is 14.4 Å². The lowest BCUT2D eigenvalue weighted by molar-refractivity contribution is -0.297. The number of amides is 1. The number of ether oxygens (including phenoxy) is 5. The van der Waals surface area contributed by atoms with Gasteiger partial charge in [-0.3, -0.25) is 4.79 Å². The second-order valence-corrected chi connectivity index (χ2v) is 37.0. The monoisotopic (exact) mass is 1240 g/mol. The molecule has 3 aromatic carbocycles. The zero-order valence-electron chi connectivity index (χ0n) is 56.1. The van der Waals surface area contributed by atoms with Gasteiger partial charge >= 0.3 is 17.9 Å². The number of rotatable bonds is 43. The Morgan fingerprint density at radius 1 is 0.517 bits per heavy atom. The van der Waals surface area contributed by atoms with Crippen molar-refractivity contribution in [2.24, 2.45) is 0 Å². The van der Waals surface area contributed by atoms with Crippen molar-refractivity contribution in [1.29, 1.82) is 0 Å². The summed E-state index contributed by atoms with van der Waals surface area (Å²) in [5, 5.41) is 2.72. The molecule has 4 rings (SSSR count). The quantitative estimate of drug-likeness (QED) is 0.0190. The van der Waals surface area contributed by atoms with Crippen LogP contribution in [0.2, 0.25) is 36.3 Å². The van der Waals surface area contributed by atoms with Gasteiger partial charge in [-0.1, -0.05) is 257 Å². The minimum Gasteiger partial charge on any atom is -0.452 e. The first-order valence-electron chi connectivity index (χ1n) is 33.9. The lowest BCUT2D eigenvalue weighted by atomic mass is 9.98. The Kier molecular flexibility index (Phi) is 34.8. The first-order chi connectivity index (χ1) is 41.6. The molecule has 12 nitrogen and oxygen atoms in total. The minimum atomic E-state index is -2.85. The third-order valence-corrected chi connectivity index (χ3v) is 27.0. The number of carbonyl (C=O) groups is 4. The van der Waals surface area contributed by atoms with E-state index in [1.807, 2.05) is 24.3 Å². The molecule has 0 radical (unpaired) electrons. The van der Waals surface area contributed by atoms with Gasteiger partial charge in [-0.05, 0) is 98.0 Å². The van der Waals surface area contributed by atoms with Crippen LogP contribution in [0.4, 0.5) is 0 Å². The zero-order valence-corrected chi connectivity index (χ0v) is 58.1. The van der Waals surface area contributed by atoms with E-state index in [1.54, 1.807) is 72.8 Å². The normalized spacial score (nSPS) is 18.3. The van der Waals surface area contributed by atoms with Crippen molar-refractivity contribution in [1.82, 2.24) is 5.32 Å². The van der Waals surface area contributed by atoms with Crippen LogP contribution in [0.25, 0.3) is 0 Å². The maximum atomic E-state index is 14.6. The minimum absolute atomic E-state index is 0.0341. The van der Waals surface area contributed by atoms with E-state index in [0.29, 0.717) is 23.1 Å². The highest BCUT2D eigenvalue weighted by atomic mass is 28.4. The summed E-state index contributed by atoms with van der Waals surface area (Å²) in [5.41, 5.74) is 0.977. The summed E-state index contributed by atoms with van der Waals surface area (Å²) < 4.78 is 48.1. The van der Waals surface area contributed by atoms with Gasteiger partial charge in [0.1, 0.15) is 18.3 Å². The summed E-state index contributed by atoms with van der Waals surface area (Å²) in [6.45, 7) is 25.5. The maximum Gasteiger partial charge on any atom is 0.338 e. The molecule has 0 spiro atoms. The van der Waals surface area contributed by atoms with E-state index in [0.717, 1.165) is 44.9 Å². The molecular weight excluding hydrogens is 1120 g/mol. The molecular formula is C73H117NO11Si2. The van der Waals surface area contributed by atoms with Crippen molar-refractivity contribution in [2.75, 3.05) is 13.2 Å². The Balaban J connectivity index is 1.74. The Bertz CT molecular complexity index is 2390. The highest BCUT2D eigenvalue weighted by molar-refractivity contribution is 6.74. The Morgan fingerprint density at radius 2 is 0.920 bits per heavy atom. The standard InChI is InChI=1S/C73H117NO11Si2/c1-13-15-17-19-21-23-25-27-29-31-33-35-46-54-62(81-68(76)58-48-40-37-41-49-58)61(74-64(75)55-47-36-34-32-30-28-26-24-22-20-18-16-14-2)56-79-71-67(85-87(11,12)73(6,7)8)66(84-70(78)60-52-44-39-45-53-60)65(83-69(77)59-50-42-38-43-51-59)63(82-71)57-80-86(9,10)72(3,4)5/h37-46,48-54,61-63,65-67,71H,13-36,47,55-57H2,1-12H3,(H,74,75)/b54-46+/t61-,62+,63+,65+,66-,67-,71-/m0/s1. The maximum absolute atomic E-state index is 14.6. The van der Waals surface area contributed by atoms with Crippen LogP contribution in [0.1, 0.15) is 253 Å². The van der Waals surface area contributed by atoms with Gasteiger partial charge in [-0.2, -0.15) is 0 Å². The van der Waals surface area contributed by atoms with Crippen LogP contribution in [0.15, 0.2) is 103 Å². The highest BCUT2D eigenvalue weighted by Gasteiger charge is 2.55.